The molecule has 1 atom stereocenters. The SMILES string of the molecule is CCCCCCCCCCCCOC(=O)C(CCCCCC)(CCCCCCCC)OC(=O)CCCN(C)C. The number of ether oxygens (including phenoxy) is 2. The minimum absolute atomic E-state index is 0.255. The predicted octanol–water partition coefficient (Wildman–Crippen LogP) is 9.80. The molecule has 0 rings (SSSR count). The van der Waals surface area contributed by atoms with E-state index in [4.69, 9.17) is 9.47 Å². The number of esters is 2. The van der Waals surface area contributed by atoms with Crippen molar-refractivity contribution < 1.29 is 19.1 Å². The van der Waals surface area contributed by atoms with Gasteiger partial charge in [-0.1, -0.05) is 130 Å². The molecule has 0 radical (unpaired) electrons. The molecule has 5 heteroatoms. The summed E-state index contributed by atoms with van der Waals surface area (Å²) >= 11 is 0. The molecular weight excluding hydrogens is 486 g/mol. The van der Waals surface area contributed by atoms with Crippen molar-refractivity contribution in [2.24, 2.45) is 0 Å². The Hall–Kier alpha value is -1.10. The number of nitrogens with zero attached hydrogens (tertiary/aromatic N) is 1. The van der Waals surface area contributed by atoms with Gasteiger partial charge in [-0.15, -0.1) is 0 Å². The molecule has 232 valence electrons. The van der Waals surface area contributed by atoms with Crippen LogP contribution in [0.5, 0.6) is 0 Å². The van der Waals surface area contributed by atoms with Gasteiger partial charge < -0.3 is 14.4 Å². The summed E-state index contributed by atoms with van der Waals surface area (Å²) < 4.78 is 12.0. The van der Waals surface area contributed by atoms with E-state index in [1.807, 2.05) is 14.1 Å². The number of rotatable bonds is 29. The van der Waals surface area contributed by atoms with Crippen molar-refractivity contribution in [1.82, 2.24) is 4.90 Å². The lowest BCUT2D eigenvalue weighted by Gasteiger charge is -2.32. The van der Waals surface area contributed by atoms with Gasteiger partial charge in [0.15, 0.2) is 0 Å². The maximum absolute atomic E-state index is 13.6. The van der Waals surface area contributed by atoms with Crippen molar-refractivity contribution in [2.75, 3.05) is 27.2 Å². The highest BCUT2D eigenvalue weighted by Gasteiger charge is 2.43. The summed E-state index contributed by atoms with van der Waals surface area (Å²) in [4.78, 5) is 28.6. The molecule has 0 saturated heterocycles. The average Bonchev–Trinajstić information content (AvgIpc) is 2.91. The van der Waals surface area contributed by atoms with Crippen LogP contribution in [0.3, 0.4) is 0 Å². The first kappa shape index (κ1) is 37.9. The Morgan fingerprint density at radius 2 is 0.974 bits per heavy atom. The van der Waals surface area contributed by atoms with Gasteiger partial charge in [-0.3, -0.25) is 4.79 Å². The summed E-state index contributed by atoms with van der Waals surface area (Å²) in [6.45, 7) is 7.94. The molecule has 0 fully saturated rings. The monoisotopic (exact) mass is 554 g/mol. The lowest BCUT2D eigenvalue weighted by atomic mass is 9.89. The quantitative estimate of drug-likeness (QED) is 0.0681. The molecule has 0 aliphatic rings. The molecule has 0 aromatic carbocycles. The molecule has 0 heterocycles. The smallest absolute Gasteiger partial charge is 0.350 e. The van der Waals surface area contributed by atoms with E-state index in [9.17, 15) is 9.59 Å². The molecule has 5 nitrogen and oxygen atoms in total. The zero-order chi connectivity index (χ0) is 29.0. The van der Waals surface area contributed by atoms with Crippen LogP contribution in [0.1, 0.15) is 175 Å². The highest BCUT2D eigenvalue weighted by atomic mass is 16.6. The van der Waals surface area contributed by atoms with Crippen LogP contribution in [-0.4, -0.2) is 49.7 Å². The molecular formula is C34H67NO4. The first-order valence-corrected chi connectivity index (χ1v) is 17.0. The van der Waals surface area contributed by atoms with Gasteiger partial charge in [0.25, 0.3) is 0 Å². The van der Waals surface area contributed by atoms with Gasteiger partial charge in [-0.05, 0) is 59.2 Å². The van der Waals surface area contributed by atoms with Crippen LogP contribution in [0, 0.1) is 0 Å². The number of unbranched alkanes of at least 4 members (excludes halogenated alkanes) is 17. The molecule has 0 aliphatic heterocycles. The van der Waals surface area contributed by atoms with E-state index in [1.165, 1.54) is 77.0 Å². The van der Waals surface area contributed by atoms with Crippen LogP contribution in [0.15, 0.2) is 0 Å². The third kappa shape index (κ3) is 22.3. The standard InChI is InChI=1S/C34H67NO4/c1-6-9-12-15-17-18-19-20-22-25-31-38-33(37)34(28-23-14-11-8-3,29-24-21-16-13-10-7-2)39-32(36)27-26-30-35(4)5/h6-31H2,1-5H3. The van der Waals surface area contributed by atoms with Gasteiger partial charge in [0.1, 0.15) is 0 Å². The molecule has 0 saturated carbocycles. The Morgan fingerprint density at radius 3 is 1.44 bits per heavy atom. The summed E-state index contributed by atoms with van der Waals surface area (Å²) in [7, 11) is 4.01. The molecule has 0 spiro atoms. The Morgan fingerprint density at radius 1 is 0.564 bits per heavy atom. The molecule has 0 amide bonds. The van der Waals surface area contributed by atoms with E-state index in [1.54, 1.807) is 0 Å². The van der Waals surface area contributed by atoms with Crippen LogP contribution in [0.4, 0.5) is 0 Å². The topological polar surface area (TPSA) is 55.8 Å². The summed E-state index contributed by atoms with van der Waals surface area (Å²) in [5, 5.41) is 0. The molecule has 39 heavy (non-hydrogen) atoms. The molecule has 0 bridgehead atoms. The van der Waals surface area contributed by atoms with Gasteiger partial charge in [-0.2, -0.15) is 0 Å². The fourth-order valence-electron chi connectivity index (χ4n) is 5.20. The zero-order valence-corrected chi connectivity index (χ0v) is 27.0. The van der Waals surface area contributed by atoms with Gasteiger partial charge in [0.05, 0.1) is 6.61 Å². The van der Waals surface area contributed by atoms with Crippen LogP contribution < -0.4 is 0 Å². The van der Waals surface area contributed by atoms with Crippen LogP contribution in [-0.2, 0) is 19.1 Å². The fourth-order valence-corrected chi connectivity index (χ4v) is 5.20. The van der Waals surface area contributed by atoms with Gasteiger partial charge in [0, 0.05) is 6.42 Å². The lowest BCUT2D eigenvalue weighted by molar-refractivity contribution is -0.185. The Labute approximate surface area is 243 Å². The number of carbonyl (C=O) groups is 2. The van der Waals surface area contributed by atoms with Gasteiger partial charge in [0.2, 0.25) is 5.60 Å². The highest BCUT2D eigenvalue weighted by molar-refractivity contribution is 5.83. The third-order valence-corrected chi connectivity index (χ3v) is 7.77. The van der Waals surface area contributed by atoms with Crippen LogP contribution in [0.25, 0.3) is 0 Å². The second kappa shape index (κ2) is 27.1. The number of hydrogen-bond donors (Lipinski definition) is 0. The minimum atomic E-state index is -1.12. The first-order chi connectivity index (χ1) is 18.9. The maximum atomic E-state index is 13.6. The Bertz CT molecular complexity index is 565. The Kier molecular flexibility index (Phi) is 26.3. The van der Waals surface area contributed by atoms with E-state index in [0.717, 1.165) is 64.3 Å². The first-order valence-electron chi connectivity index (χ1n) is 17.0. The van der Waals surface area contributed by atoms with E-state index in [-0.39, 0.29) is 11.9 Å². The van der Waals surface area contributed by atoms with Crippen molar-refractivity contribution >= 4 is 11.9 Å². The largest absolute Gasteiger partial charge is 0.463 e. The average molecular weight is 554 g/mol. The van der Waals surface area contributed by atoms with E-state index >= 15 is 0 Å². The van der Waals surface area contributed by atoms with Crippen molar-refractivity contribution in [2.45, 2.75) is 180 Å². The van der Waals surface area contributed by atoms with Crippen molar-refractivity contribution in [3.05, 3.63) is 0 Å². The molecule has 0 aromatic heterocycles. The second-order valence-electron chi connectivity index (χ2n) is 12.0. The summed E-state index contributed by atoms with van der Waals surface area (Å²) in [6.07, 6.45) is 25.8. The minimum Gasteiger partial charge on any atom is -0.463 e. The maximum Gasteiger partial charge on any atom is 0.350 e. The Balaban J connectivity index is 4.95. The summed E-state index contributed by atoms with van der Waals surface area (Å²) in [5.74, 6) is -0.557. The normalized spacial score (nSPS) is 13.0. The number of hydrogen-bond acceptors (Lipinski definition) is 5. The third-order valence-electron chi connectivity index (χ3n) is 7.77. The molecule has 1 unspecified atom stereocenters. The lowest BCUT2D eigenvalue weighted by Crippen LogP contribution is -2.45. The highest BCUT2D eigenvalue weighted by Crippen LogP contribution is 2.30. The van der Waals surface area contributed by atoms with E-state index in [0.29, 0.717) is 25.9 Å². The molecule has 0 aromatic rings. The van der Waals surface area contributed by atoms with E-state index in [2.05, 4.69) is 25.7 Å². The van der Waals surface area contributed by atoms with Crippen LogP contribution in [0.2, 0.25) is 0 Å². The fraction of sp³-hybridized carbons (Fsp3) is 0.941. The predicted molar refractivity (Wildman–Crippen MR) is 166 cm³/mol. The van der Waals surface area contributed by atoms with E-state index < -0.39 is 5.60 Å². The molecule has 0 N–H and O–H groups in total. The van der Waals surface area contributed by atoms with Gasteiger partial charge in [-0.25, -0.2) is 4.79 Å². The van der Waals surface area contributed by atoms with Gasteiger partial charge >= 0.3 is 11.9 Å². The molecule has 0 aliphatic carbocycles. The van der Waals surface area contributed by atoms with Crippen LogP contribution >= 0.6 is 0 Å². The summed E-state index contributed by atoms with van der Waals surface area (Å²) in [5.41, 5.74) is -1.12. The van der Waals surface area contributed by atoms with Crippen molar-refractivity contribution in [3.8, 4) is 0 Å². The second-order valence-corrected chi connectivity index (χ2v) is 12.0. The van der Waals surface area contributed by atoms with Crippen molar-refractivity contribution in [1.29, 1.82) is 0 Å². The number of carbonyl (C=O) groups excluding carboxylic acids is 2. The zero-order valence-electron chi connectivity index (χ0n) is 27.0. The summed E-state index contributed by atoms with van der Waals surface area (Å²) in [6, 6.07) is 0. The van der Waals surface area contributed by atoms with Crippen molar-refractivity contribution in [3.63, 3.8) is 0 Å².